The van der Waals surface area contributed by atoms with Gasteiger partial charge < -0.3 is 15.0 Å². The SMILES string of the molecule is Cc1nc(-c2ccc3c(c2)CCN3C(=O)COC(=O)[C@H](C)NC(=O)c2ccccc2)cs1. The van der Waals surface area contributed by atoms with Gasteiger partial charge in [-0.2, -0.15) is 0 Å². The first kappa shape index (κ1) is 21.7. The maximum atomic E-state index is 12.7. The number of aromatic nitrogens is 1. The number of hydrogen-bond donors (Lipinski definition) is 1. The zero-order chi connectivity index (χ0) is 22.7. The molecule has 1 N–H and O–H groups in total. The van der Waals surface area contributed by atoms with E-state index in [9.17, 15) is 14.4 Å². The molecule has 4 rings (SSSR count). The fraction of sp³-hybridized carbons (Fsp3) is 0.250. The average molecular weight is 450 g/mol. The Balaban J connectivity index is 1.33. The van der Waals surface area contributed by atoms with Gasteiger partial charge in [0, 0.05) is 28.7 Å². The van der Waals surface area contributed by atoms with Crippen molar-refractivity contribution in [3.05, 3.63) is 70.0 Å². The van der Waals surface area contributed by atoms with Gasteiger partial charge >= 0.3 is 5.97 Å². The lowest BCUT2D eigenvalue weighted by Gasteiger charge is -2.18. The normalized spacial score (nSPS) is 13.4. The van der Waals surface area contributed by atoms with Crippen LogP contribution in [0.3, 0.4) is 0 Å². The lowest BCUT2D eigenvalue weighted by atomic mass is 10.1. The van der Waals surface area contributed by atoms with Crippen molar-refractivity contribution in [1.82, 2.24) is 10.3 Å². The summed E-state index contributed by atoms with van der Waals surface area (Å²) in [5.74, 6) is -1.33. The number of fused-ring (bicyclic) bond motifs is 1. The summed E-state index contributed by atoms with van der Waals surface area (Å²) in [7, 11) is 0. The van der Waals surface area contributed by atoms with Crippen LogP contribution in [0.1, 0.15) is 27.9 Å². The number of ether oxygens (including phenoxy) is 1. The quantitative estimate of drug-likeness (QED) is 0.583. The third-order valence-corrected chi connectivity index (χ3v) is 6.04. The van der Waals surface area contributed by atoms with Crippen LogP contribution in [-0.4, -0.2) is 42.0 Å². The first-order valence-electron chi connectivity index (χ1n) is 10.3. The van der Waals surface area contributed by atoms with Crippen LogP contribution < -0.4 is 10.2 Å². The lowest BCUT2D eigenvalue weighted by Crippen LogP contribution is -2.41. The zero-order valence-corrected chi connectivity index (χ0v) is 18.6. The van der Waals surface area contributed by atoms with Gasteiger partial charge in [0.15, 0.2) is 6.61 Å². The summed E-state index contributed by atoms with van der Waals surface area (Å²) < 4.78 is 5.17. The van der Waals surface area contributed by atoms with Crippen LogP contribution >= 0.6 is 11.3 Å². The summed E-state index contributed by atoms with van der Waals surface area (Å²) in [5, 5.41) is 5.61. The summed E-state index contributed by atoms with van der Waals surface area (Å²) in [6.45, 7) is 3.65. The van der Waals surface area contributed by atoms with Crippen molar-refractivity contribution >= 4 is 34.8 Å². The molecule has 2 aromatic carbocycles. The molecule has 0 radical (unpaired) electrons. The number of benzene rings is 2. The van der Waals surface area contributed by atoms with Gasteiger partial charge in [-0.1, -0.05) is 24.3 Å². The molecule has 0 bridgehead atoms. The molecule has 0 saturated carbocycles. The third kappa shape index (κ3) is 4.70. The fourth-order valence-electron chi connectivity index (χ4n) is 3.58. The van der Waals surface area contributed by atoms with Gasteiger partial charge in [-0.3, -0.25) is 9.59 Å². The summed E-state index contributed by atoms with van der Waals surface area (Å²) in [5.41, 5.74) is 4.30. The molecule has 7 nitrogen and oxygen atoms in total. The monoisotopic (exact) mass is 449 g/mol. The Morgan fingerprint density at radius 2 is 1.97 bits per heavy atom. The topological polar surface area (TPSA) is 88.6 Å². The molecule has 0 aliphatic carbocycles. The van der Waals surface area contributed by atoms with Gasteiger partial charge in [0.05, 0.1) is 10.7 Å². The molecule has 0 spiro atoms. The average Bonchev–Trinajstić information content (AvgIpc) is 3.43. The van der Waals surface area contributed by atoms with Crippen molar-refractivity contribution < 1.29 is 19.1 Å². The third-order valence-electron chi connectivity index (χ3n) is 5.27. The lowest BCUT2D eigenvalue weighted by molar-refractivity contribution is -0.149. The molecule has 32 heavy (non-hydrogen) atoms. The van der Waals surface area contributed by atoms with E-state index in [1.165, 1.54) is 6.92 Å². The highest BCUT2D eigenvalue weighted by molar-refractivity contribution is 7.09. The maximum absolute atomic E-state index is 12.7. The fourth-order valence-corrected chi connectivity index (χ4v) is 4.20. The number of carbonyl (C=O) groups is 3. The minimum atomic E-state index is -0.870. The molecule has 1 aliphatic heterocycles. The Labute approximate surface area is 190 Å². The van der Waals surface area contributed by atoms with Gasteiger partial charge in [0.1, 0.15) is 6.04 Å². The van der Waals surface area contributed by atoms with E-state index in [4.69, 9.17) is 4.74 Å². The molecule has 1 atom stereocenters. The predicted molar refractivity (Wildman–Crippen MR) is 123 cm³/mol. The summed E-state index contributed by atoms with van der Waals surface area (Å²) >= 11 is 1.60. The van der Waals surface area contributed by atoms with Crippen LogP contribution in [-0.2, 0) is 20.7 Å². The Bertz CT molecular complexity index is 1160. The van der Waals surface area contributed by atoms with E-state index in [1.807, 2.05) is 24.4 Å². The molecular weight excluding hydrogens is 426 g/mol. The second-order valence-corrected chi connectivity index (χ2v) is 8.62. The molecule has 0 unspecified atom stereocenters. The van der Waals surface area contributed by atoms with Crippen LogP contribution in [0.25, 0.3) is 11.3 Å². The van der Waals surface area contributed by atoms with Crippen molar-refractivity contribution in [3.63, 3.8) is 0 Å². The molecular formula is C24H23N3O4S. The van der Waals surface area contributed by atoms with E-state index in [1.54, 1.807) is 46.6 Å². The Hall–Kier alpha value is -3.52. The number of amides is 2. The minimum absolute atomic E-state index is 0.295. The van der Waals surface area contributed by atoms with Crippen LogP contribution in [0.5, 0.6) is 0 Å². The highest BCUT2D eigenvalue weighted by Crippen LogP contribution is 2.32. The molecule has 3 aromatic rings. The molecule has 2 heterocycles. The van der Waals surface area contributed by atoms with Gasteiger partial charge in [0.25, 0.3) is 11.8 Å². The Kier molecular flexibility index (Phi) is 6.32. The number of esters is 1. The Morgan fingerprint density at radius 1 is 1.19 bits per heavy atom. The van der Waals surface area contributed by atoms with E-state index in [2.05, 4.69) is 16.4 Å². The predicted octanol–water partition coefficient (Wildman–Crippen LogP) is 3.37. The molecule has 0 fully saturated rings. The van der Waals surface area contributed by atoms with Crippen molar-refractivity contribution in [2.45, 2.75) is 26.3 Å². The second-order valence-electron chi connectivity index (χ2n) is 7.56. The molecule has 1 aromatic heterocycles. The molecule has 8 heteroatoms. The number of nitrogens with one attached hydrogen (secondary N) is 1. The van der Waals surface area contributed by atoms with E-state index >= 15 is 0 Å². The van der Waals surface area contributed by atoms with E-state index < -0.39 is 12.0 Å². The van der Waals surface area contributed by atoms with Crippen LogP contribution in [0.15, 0.2) is 53.9 Å². The molecule has 0 saturated heterocycles. The zero-order valence-electron chi connectivity index (χ0n) is 17.8. The van der Waals surface area contributed by atoms with Crippen LogP contribution in [0.2, 0.25) is 0 Å². The number of aryl methyl sites for hydroxylation is 1. The number of rotatable bonds is 6. The van der Waals surface area contributed by atoms with Crippen molar-refractivity contribution in [3.8, 4) is 11.3 Å². The molecule has 2 amide bonds. The minimum Gasteiger partial charge on any atom is -0.454 e. The van der Waals surface area contributed by atoms with Crippen molar-refractivity contribution in [2.24, 2.45) is 0 Å². The number of carbonyl (C=O) groups excluding carboxylic acids is 3. The van der Waals surface area contributed by atoms with Gasteiger partial charge in [-0.05, 0) is 50.1 Å². The summed E-state index contributed by atoms with van der Waals surface area (Å²) in [4.78, 5) is 43.3. The Morgan fingerprint density at radius 3 is 2.69 bits per heavy atom. The highest BCUT2D eigenvalue weighted by atomic mass is 32.1. The van der Waals surface area contributed by atoms with Crippen molar-refractivity contribution in [2.75, 3.05) is 18.1 Å². The molecule has 164 valence electrons. The number of hydrogen-bond acceptors (Lipinski definition) is 6. The van der Waals surface area contributed by atoms with E-state index in [0.29, 0.717) is 12.1 Å². The van der Waals surface area contributed by atoms with Gasteiger partial charge in [0.2, 0.25) is 0 Å². The maximum Gasteiger partial charge on any atom is 0.328 e. The van der Waals surface area contributed by atoms with Gasteiger partial charge in [-0.15, -0.1) is 11.3 Å². The van der Waals surface area contributed by atoms with Crippen LogP contribution in [0, 0.1) is 6.92 Å². The standard InChI is InChI=1S/C24H23N3O4S/c1-15(25-23(29)17-6-4-3-5-7-17)24(30)31-13-22(28)27-11-10-19-12-18(8-9-21(19)27)20-14-32-16(2)26-20/h3-9,12,14-15H,10-11,13H2,1-2H3,(H,25,29)/t15-/m0/s1. The first-order chi connectivity index (χ1) is 15.4. The first-order valence-corrected chi connectivity index (χ1v) is 11.2. The summed E-state index contributed by atoms with van der Waals surface area (Å²) in [6.07, 6.45) is 0.732. The highest BCUT2D eigenvalue weighted by Gasteiger charge is 2.27. The largest absolute Gasteiger partial charge is 0.454 e. The van der Waals surface area contributed by atoms with Crippen molar-refractivity contribution in [1.29, 1.82) is 0 Å². The number of thiazole rings is 1. The summed E-state index contributed by atoms with van der Waals surface area (Å²) in [6, 6.07) is 13.6. The van der Waals surface area contributed by atoms with Crippen LogP contribution in [0.4, 0.5) is 5.69 Å². The van der Waals surface area contributed by atoms with E-state index in [-0.39, 0.29) is 18.4 Å². The smallest absolute Gasteiger partial charge is 0.328 e. The second kappa shape index (κ2) is 9.32. The van der Waals surface area contributed by atoms with Gasteiger partial charge in [-0.25, -0.2) is 9.78 Å². The number of nitrogens with zero attached hydrogens (tertiary/aromatic N) is 2. The number of anilines is 1. The van der Waals surface area contributed by atoms with E-state index in [0.717, 1.165) is 33.9 Å². The molecule has 1 aliphatic rings.